The van der Waals surface area contributed by atoms with E-state index in [0.717, 1.165) is 11.4 Å². The molecule has 0 fully saturated rings. The highest BCUT2D eigenvalue weighted by Crippen LogP contribution is 2.00. The van der Waals surface area contributed by atoms with Crippen LogP contribution < -0.4 is 0 Å². The Morgan fingerprint density at radius 3 is 2.79 bits per heavy atom. The molecule has 0 N–H and O–H groups in total. The molecule has 0 radical (unpaired) electrons. The van der Waals surface area contributed by atoms with Gasteiger partial charge in [0.15, 0.2) is 5.84 Å². The zero-order valence-corrected chi connectivity index (χ0v) is 8.81. The van der Waals surface area contributed by atoms with Gasteiger partial charge in [0.1, 0.15) is 0 Å². The van der Waals surface area contributed by atoms with Gasteiger partial charge in [0, 0.05) is 31.2 Å². The van der Waals surface area contributed by atoms with Crippen LogP contribution in [-0.4, -0.2) is 24.1 Å². The monoisotopic (exact) mass is 189 g/mol. The van der Waals surface area contributed by atoms with E-state index < -0.39 is 0 Å². The van der Waals surface area contributed by atoms with Crippen LogP contribution >= 0.6 is 0 Å². The van der Waals surface area contributed by atoms with E-state index in [4.69, 9.17) is 0 Å². The number of aromatic nitrogens is 1. The van der Waals surface area contributed by atoms with E-state index in [1.54, 1.807) is 19.4 Å². The highest BCUT2D eigenvalue weighted by molar-refractivity contribution is 6.02. The number of aliphatic imine (C=N–C) groups is 2. The van der Waals surface area contributed by atoms with E-state index >= 15 is 0 Å². The first kappa shape index (κ1) is 10.6. The predicted octanol–water partition coefficient (Wildman–Crippen LogP) is 2.18. The summed E-state index contributed by atoms with van der Waals surface area (Å²) in [5.41, 5.74) is 0.951. The summed E-state index contributed by atoms with van der Waals surface area (Å²) in [4.78, 5) is 12.4. The molecule has 0 spiro atoms. The lowest BCUT2D eigenvalue weighted by Crippen LogP contribution is -2.00. The third-order valence-electron chi connectivity index (χ3n) is 1.63. The fraction of sp³-hybridized carbons (Fsp3) is 0.364. The molecule has 0 unspecified atom stereocenters. The average Bonchev–Trinajstić information content (AvgIpc) is 2.20. The van der Waals surface area contributed by atoms with E-state index in [1.807, 2.05) is 18.3 Å². The Labute approximate surface area is 84.6 Å². The number of nitrogens with zero attached hydrogens (tertiary/aromatic N) is 3. The summed E-state index contributed by atoms with van der Waals surface area (Å²) in [6, 6.07) is 3.83. The molecule has 0 saturated carbocycles. The molecule has 0 aliphatic rings. The Morgan fingerprint density at radius 2 is 2.29 bits per heavy atom. The van der Waals surface area contributed by atoms with Crippen LogP contribution in [0.25, 0.3) is 0 Å². The quantitative estimate of drug-likeness (QED) is 0.519. The maximum Gasteiger partial charge on any atom is 0.155 e. The lowest BCUT2D eigenvalue weighted by atomic mass is 10.2. The molecule has 74 valence electrons. The van der Waals surface area contributed by atoms with Crippen LogP contribution in [0, 0.1) is 5.92 Å². The van der Waals surface area contributed by atoms with Crippen molar-refractivity contribution in [3.05, 3.63) is 30.1 Å². The summed E-state index contributed by atoms with van der Waals surface area (Å²) in [6.07, 6.45) is 5.39. The Balaban J connectivity index is 2.85. The topological polar surface area (TPSA) is 37.6 Å². The van der Waals surface area contributed by atoms with E-state index in [0.29, 0.717) is 5.92 Å². The minimum absolute atomic E-state index is 0.434. The van der Waals surface area contributed by atoms with Crippen molar-refractivity contribution < 1.29 is 0 Å². The number of amidine groups is 1. The van der Waals surface area contributed by atoms with Gasteiger partial charge in [-0.15, -0.1) is 0 Å². The molecule has 1 heterocycles. The molecule has 0 atom stereocenters. The third kappa shape index (κ3) is 3.09. The fourth-order valence-electron chi connectivity index (χ4n) is 0.976. The smallest absolute Gasteiger partial charge is 0.155 e. The largest absolute Gasteiger partial charge is 0.270 e. The summed E-state index contributed by atoms with van der Waals surface area (Å²) in [5, 5.41) is 0. The predicted molar refractivity (Wildman–Crippen MR) is 60.0 cm³/mol. The van der Waals surface area contributed by atoms with Crippen molar-refractivity contribution in [2.75, 3.05) is 7.05 Å². The molecule has 1 rings (SSSR count). The number of rotatable bonds is 2. The number of hydrogen-bond donors (Lipinski definition) is 0. The van der Waals surface area contributed by atoms with Gasteiger partial charge < -0.3 is 0 Å². The molecule has 0 aromatic carbocycles. The minimum atomic E-state index is 0.434. The lowest BCUT2D eigenvalue weighted by molar-refractivity contribution is 0.908. The van der Waals surface area contributed by atoms with Gasteiger partial charge >= 0.3 is 0 Å². The molecular weight excluding hydrogens is 174 g/mol. The molecule has 1 aromatic rings. The van der Waals surface area contributed by atoms with Crippen molar-refractivity contribution in [2.24, 2.45) is 15.9 Å². The van der Waals surface area contributed by atoms with Crippen molar-refractivity contribution in [1.29, 1.82) is 0 Å². The molecule has 0 saturated heterocycles. The van der Waals surface area contributed by atoms with Crippen molar-refractivity contribution in [3.8, 4) is 0 Å². The Kier molecular flexibility index (Phi) is 3.98. The zero-order chi connectivity index (χ0) is 10.4. The van der Waals surface area contributed by atoms with Gasteiger partial charge in [-0.2, -0.15) is 0 Å². The lowest BCUT2D eigenvalue weighted by Gasteiger charge is -1.99. The van der Waals surface area contributed by atoms with Gasteiger partial charge in [-0.1, -0.05) is 13.8 Å². The van der Waals surface area contributed by atoms with E-state index in [2.05, 4.69) is 28.8 Å². The SMILES string of the molecule is CN=C(N=CC(C)C)c1cccnc1. The fourth-order valence-corrected chi connectivity index (χ4v) is 0.976. The van der Waals surface area contributed by atoms with E-state index in [-0.39, 0.29) is 0 Å². The average molecular weight is 189 g/mol. The van der Waals surface area contributed by atoms with E-state index in [9.17, 15) is 0 Å². The standard InChI is InChI=1S/C11H15N3/c1-9(2)7-14-11(12-3)10-5-4-6-13-8-10/h4-9H,1-3H3. The second kappa shape index (κ2) is 5.27. The van der Waals surface area contributed by atoms with Crippen LogP contribution in [0.15, 0.2) is 34.5 Å². The maximum absolute atomic E-state index is 4.30. The normalized spacial score (nSPS) is 12.7. The van der Waals surface area contributed by atoms with E-state index in [1.165, 1.54) is 0 Å². The van der Waals surface area contributed by atoms with Gasteiger partial charge in [0.05, 0.1) is 0 Å². The molecule has 14 heavy (non-hydrogen) atoms. The third-order valence-corrected chi connectivity index (χ3v) is 1.63. The molecule has 0 bridgehead atoms. The van der Waals surface area contributed by atoms with Crippen molar-refractivity contribution in [3.63, 3.8) is 0 Å². The molecule has 3 nitrogen and oxygen atoms in total. The van der Waals surface area contributed by atoms with Crippen LogP contribution in [0.5, 0.6) is 0 Å². The zero-order valence-electron chi connectivity index (χ0n) is 8.81. The summed E-state index contributed by atoms with van der Waals surface area (Å²) < 4.78 is 0. The van der Waals surface area contributed by atoms with Crippen LogP contribution in [0.1, 0.15) is 19.4 Å². The Hall–Kier alpha value is -1.51. The first-order valence-corrected chi connectivity index (χ1v) is 4.65. The van der Waals surface area contributed by atoms with Crippen LogP contribution in [0.3, 0.4) is 0 Å². The summed E-state index contributed by atoms with van der Waals surface area (Å²) in [5.74, 6) is 1.16. The van der Waals surface area contributed by atoms with Gasteiger partial charge in [0.25, 0.3) is 0 Å². The molecule has 0 aliphatic carbocycles. The Bertz CT molecular complexity index is 326. The Morgan fingerprint density at radius 1 is 1.50 bits per heavy atom. The van der Waals surface area contributed by atoms with Crippen molar-refractivity contribution in [1.82, 2.24) is 4.98 Å². The first-order chi connectivity index (χ1) is 6.74. The molecule has 1 aromatic heterocycles. The summed E-state index contributed by atoms with van der Waals surface area (Å²) in [7, 11) is 1.74. The highest BCUT2D eigenvalue weighted by atomic mass is 14.9. The van der Waals surface area contributed by atoms with Gasteiger partial charge in [-0.3, -0.25) is 9.98 Å². The summed E-state index contributed by atoms with van der Waals surface area (Å²) in [6.45, 7) is 4.17. The van der Waals surface area contributed by atoms with Crippen molar-refractivity contribution in [2.45, 2.75) is 13.8 Å². The van der Waals surface area contributed by atoms with Crippen molar-refractivity contribution >= 4 is 12.1 Å². The first-order valence-electron chi connectivity index (χ1n) is 4.65. The number of pyridine rings is 1. The van der Waals surface area contributed by atoms with Crippen LogP contribution in [-0.2, 0) is 0 Å². The van der Waals surface area contributed by atoms with Crippen LogP contribution in [0.4, 0.5) is 0 Å². The van der Waals surface area contributed by atoms with Gasteiger partial charge in [0.2, 0.25) is 0 Å². The molecule has 3 heteroatoms. The molecular formula is C11H15N3. The second-order valence-corrected chi connectivity index (χ2v) is 3.31. The second-order valence-electron chi connectivity index (χ2n) is 3.31. The molecule has 0 amide bonds. The van der Waals surface area contributed by atoms with Gasteiger partial charge in [-0.05, 0) is 18.1 Å². The van der Waals surface area contributed by atoms with Crippen LogP contribution in [0.2, 0.25) is 0 Å². The highest BCUT2D eigenvalue weighted by Gasteiger charge is 1.98. The molecule has 0 aliphatic heterocycles. The summed E-state index contributed by atoms with van der Waals surface area (Å²) >= 11 is 0. The number of hydrogen-bond acceptors (Lipinski definition) is 2. The minimum Gasteiger partial charge on any atom is -0.270 e. The van der Waals surface area contributed by atoms with Gasteiger partial charge in [-0.25, -0.2) is 4.99 Å². The maximum atomic E-state index is 4.30.